The molecule has 0 aromatic heterocycles. The van der Waals surface area contributed by atoms with E-state index in [1.165, 1.54) is 0 Å². The van der Waals surface area contributed by atoms with E-state index in [1.807, 2.05) is 0 Å². The van der Waals surface area contributed by atoms with Crippen molar-refractivity contribution in [1.82, 2.24) is 4.90 Å². The second kappa shape index (κ2) is 5.27. The average molecular weight is 255 g/mol. The predicted molar refractivity (Wildman–Crippen MR) is 69.4 cm³/mol. The lowest BCUT2D eigenvalue weighted by atomic mass is 9.69. The Morgan fingerprint density at radius 2 is 2.28 bits per heavy atom. The summed E-state index contributed by atoms with van der Waals surface area (Å²) in [6.45, 7) is 5.53. The highest BCUT2D eigenvalue weighted by molar-refractivity contribution is 5.92. The number of ether oxygens (including phenoxy) is 1. The standard InChI is InChI=1S/C14H25NO3/c1-10(2)6-12-7-11-4-5-15(12)14(8-16,9-18-3)13(11)17/h10-12,16H,4-9H2,1-3H3/t11-,12+,14-/m0/s1. The zero-order valence-electron chi connectivity index (χ0n) is 11.7. The van der Waals surface area contributed by atoms with E-state index in [1.54, 1.807) is 7.11 Å². The quantitative estimate of drug-likeness (QED) is 0.798. The van der Waals surface area contributed by atoms with E-state index in [2.05, 4.69) is 18.7 Å². The first-order chi connectivity index (χ1) is 8.55. The number of ketones is 1. The first-order valence-corrected chi connectivity index (χ1v) is 6.96. The molecule has 18 heavy (non-hydrogen) atoms. The maximum Gasteiger partial charge on any atom is 0.161 e. The number of fused-ring (bicyclic) bond motifs is 3. The number of piperidine rings is 3. The van der Waals surface area contributed by atoms with Crippen LogP contribution in [-0.2, 0) is 9.53 Å². The van der Waals surface area contributed by atoms with Gasteiger partial charge in [0, 0.05) is 25.6 Å². The molecule has 0 aliphatic carbocycles. The van der Waals surface area contributed by atoms with E-state index in [0.29, 0.717) is 18.6 Å². The Labute approximate surface area is 109 Å². The summed E-state index contributed by atoms with van der Waals surface area (Å²) in [6, 6.07) is 0.420. The Morgan fingerprint density at radius 3 is 2.83 bits per heavy atom. The van der Waals surface area contributed by atoms with Crippen LogP contribution in [0.1, 0.15) is 33.1 Å². The molecule has 2 bridgehead atoms. The number of carbonyl (C=O) groups excluding carboxylic acids is 1. The number of hydrogen-bond acceptors (Lipinski definition) is 4. The van der Waals surface area contributed by atoms with E-state index in [4.69, 9.17) is 4.74 Å². The minimum Gasteiger partial charge on any atom is -0.394 e. The number of nitrogens with zero attached hydrogens (tertiary/aromatic N) is 1. The Balaban J connectivity index is 2.25. The van der Waals surface area contributed by atoms with Gasteiger partial charge in [0.15, 0.2) is 5.78 Å². The van der Waals surface area contributed by atoms with Crippen molar-refractivity contribution in [2.75, 3.05) is 26.9 Å². The van der Waals surface area contributed by atoms with Gasteiger partial charge in [0.2, 0.25) is 0 Å². The van der Waals surface area contributed by atoms with Crippen molar-refractivity contribution >= 4 is 5.78 Å². The number of Topliss-reactive ketones (excluding diaryl/α,β-unsaturated/α-hetero) is 1. The maximum atomic E-state index is 12.5. The van der Waals surface area contributed by atoms with Crippen LogP contribution in [0.15, 0.2) is 0 Å². The molecule has 4 heteroatoms. The van der Waals surface area contributed by atoms with Crippen molar-refractivity contribution in [2.45, 2.75) is 44.7 Å². The number of carbonyl (C=O) groups is 1. The molecule has 3 saturated heterocycles. The molecular weight excluding hydrogens is 230 g/mol. The van der Waals surface area contributed by atoms with Crippen LogP contribution in [0.3, 0.4) is 0 Å². The monoisotopic (exact) mass is 255 g/mol. The number of aliphatic hydroxyl groups excluding tert-OH is 1. The molecule has 0 saturated carbocycles. The highest BCUT2D eigenvalue weighted by atomic mass is 16.5. The first-order valence-electron chi connectivity index (χ1n) is 6.96. The molecule has 0 aromatic carbocycles. The molecule has 3 heterocycles. The second-order valence-electron chi connectivity index (χ2n) is 6.19. The zero-order chi connectivity index (χ0) is 13.3. The lowest BCUT2D eigenvalue weighted by molar-refractivity contribution is -0.167. The fourth-order valence-corrected chi connectivity index (χ4v) is 3.75. The van der Waals surface area contributed by atoms with Crippen LogP contribution in [0.25, 0.3) is 0 Å². The molecule has 0 aromatic rings. The highest BCUT2D eigenvalue weighted by Gasteiger charge is 2.56. The average Bonchev–Trinajstić information content (AvgIpc) is 2.33. The van der Waals surface area contributed by atoms with Crippen LogP contribution >= 0.6 is 0 Å². The second-order valence-corrected chi connectivity index (χ2v) is 6.19. The van der Waals surface area contributed by atoms with Crippen molar-refractivity contribution in [2.24, 2.45) is 11.8 Å². The Kier molecular flexibility index (Phi) is 4.09. The van der Waals surface area contributed by atoms with Gasteiger partial charge in [-0.2, -0.15) is 0 Å². The lowest BCUT2D eigenvalue weighted by Crippen LogP contribution is -2.72. The number of hydrogen-bond donors (Lipinski definition) is 1. The van der Waals surface area contributed by atoms with Crippen LogP contribution < -0.4 is 0 Å². The van der Waals surface area contributed by atoms with Crippen molar-refractivity contribution < 1.29 is 14.6 Å². The smallest absolute Gasteiger partial charge is 0.161 e. The van der Waals surface area contributed by atoms with Gasteiger partial charge in [0.25, 0.3) is 0 Å². The molecule has 3 aliphatic heterocycles. The molecule has 4 atom stereocenters. The van der Waals surface area contributed by atoms with E-state index in [-0.39, 0.29) is 18.3 Å². The first kappa shape index (κ1) is 14.0. The molecular formula is C14H25NO3. The predicted octanol–water partition coefficient (Wildman–Crippen LogP) is 1.07. The summed E-state index contributed by atoms with van der Waals surface area (Å²) in [5, 5.41) is 9.77. The fraction of sp³-hybridized carbons (Fsp3) is 0.929. The van der Waals surface area contributed by atoms with Gasteiger partial charge in [0.05, 0.1) is 13.2 Å². The summed E-state index contributed by atoms with van der Waals surface area (Å²) in [5.74, 6) is 0.933. The molecule has 1 unspecified atom stereocenters. The van der Waals surface area contributed by atoms with Gasteiger partial charge in [-0.15, -0.1) is 0 Å². The van der Waals surface area contributed by atoms with Crippen molar-refractivity contribution in [3.05, 3.63) is 0 Å². The molecule has 1 N–H and O–H groups in total. The fourth-order valence-electron chi connectivity index (χ4n) is 3.75. The zero-order valence-corrected chi connectivity index (χ0v) is 11.7. The van der Waals surface area contributed by atoms with Crippen LogP contribution in [0.5, 0.6) is 0 Å². The lowest BCUT2D eigenvalue weighted by Gasteiger charge is -2.56. The summed E-state index contributed by atoms with van der Waals surface area (Å²) in [6.07, 6.45) is 3.00. The largest absolute Gasteiger partial charge is 0.394 e. The van der Waals surface area contributed by atoms with Crippen LogP contribution in [-0.4, -0.2) is 54.2 Å². The summed E-state index contributed by atoms with van der Waals surface area (Å²) in [7, 11) is 1.60. The summed E-state index contributed by atoms with van der Waals surface area (Å²) in [4.78, 5) is 14.7. The van der Waals surface area contributed by atoms with Gasteiger partial charge in [-0.25, -0.2) is 0 Å². The molecule has 0 amide bonds. The molecule has 3 aliphatic rings. The summed E-state index contributed by atoms with van der Waals surface area (Å²) >= 11 is 0. The van der Waals surface area contributed by atoms with Crippen LogP contribution in [0.4, 0.5) is 0 Å². The third-order valence-electron chi connectivity index (χ3n) is 4.48. The maximum absolute atomic E-state index is 12.5. The number of aliphatic hydroxyl groups is 1. The molecule has 0 spiro atoms. The van der Waals surface area contributed by atoms with Gasteiger partial charge < -0.3 is 9.84 Å². The topological polar surface area (TPSA) is 49.8 Å². The molecule has 3 fully saturated rings. The van der Waals surface area contributed by atoms with Crippen molar-refractivity contribution in [3.63, 3.8) is 0 Å². The molecule has 4 nitrogen and oxygen atoms in total. The van der Waals surface area contributed by atoms with E-state index in [9.17, 15) is 9.90 Å². The third-order valence-corrected chi connectivity index (χ3v) is 4.48. The molecule has 3 rings (SSSR count). The van der Waals surface area contributed by atoms with Gasteiger partial charge >= 0.3 is 0 Å². The van der Waals surface area contributed by atoms with Crippen LogP contribution in [0.2, 0.25) is 0 Å². The van der Waals surface area contributed by atoms with Crippen molar-refractivity contribution in [1.29, 1.82) is 0 Å². The number of methoxy groups -OCH3 is 1. The van der Waals surface area contributed by atoms with E-state index >= 15 is 0 Å². The van der Waals surface area contributed by atoms with E-state index in [0.717, 1.165) is 25.8 Å². The minimum atomic E-state index is -0.768. The Bertz CT molecular complexity index is 318. The summed E-state index contributed by atoms with van der Waals surface area (Å²) < 4.78 is 5.23. The minimum absolute atomic E-state index is 0.120. The number of rotatable bonds is 5. The summed E-state index contributed by atoms with van der Waals surface area (Å²) in [5.41, 5.74) is -0.768. The third kappa shape index (κ3) is 2.10. The van der Waals surface area contributed by atoms with E-state index < -0.39 is 5.54 Å². The SMILES string of the molecule is COC[C@@]1(CO)C(=O)[C@H]2CCN1[C@H](CC(C)C)C2. The Morgan fingerprint density at radius 1 is 1.56 bits per heavy atom. The van der Waals surface area contributed by atoms with Crippen molar-refractivity contribution in [3.8, 4) is 0 Å². The van der Waals surface area contributed by atoms with Gasteiger partial charge in [0.1, 0.15) is 5.54 Å². The highest BCUT2D eigenvalue weighted by Crippen LogP contribution is 2.41. The Hall–Kier alpha value is -0.450. The van der Waals surface area contributed by atoms with Gasteiger partial charge in [-0.05, 0) is 25.2 Å². The normalized spacial score (nSPS) is 39.6. The van der Waals surface area contributed by atoms with Crippen LogP contribution in [0, 0.1) is 11.8 Å². The molecule has 0 radical (unpaired) electrons. The molecule has 104 valence electrons. The van der Waals surface area contributed by atoms with Gasteiger partial charge in [-0.3, -0.25) is 9.69 Å². The van der Waals surface area contributed by atoms with Gasteiger partial charge in [-0.1, -0.05) is 13.8 Å².